The maximum absolute atomic E-state index is 12.6. The largest absolute Gasteiger partial charge is 0.301 e. The van der Waals surface area contributed by atoms with E-state index < -0.39 is 11.9 Å². The second-order valence-corrected chi connectivity index (χ2v) is 7.98. The zero-order valence-electron chi connectivity index (χ0n) is 14.0. The molecular weight excluding hydrogens is 368 g/mol. The van der Waals surface area contributed by atoms with Crippen LogP contribution in [0, 0.1) is 13.8 Å². The number of benzene rings is 1. The Morgan fingerprint density at radius 3 is 2.62 bits per heavy atom. The first-order valence-corrected chi connectivity index (χ1v) is 9.60. The maximum Gasteiger partial charge on any atom is 0.294 e. The van der Waals surface area contributed by atoms with Crippen molar-refractivity contribution in [2.75, 3.05) is 0 Å². The Labute approximate surface area is 158 Å². The average Bonchev–Trinajstić information content (AvgIpc) is 3.24. The summed E-state index contributed by atoms with van der Waals surface area (Å²) >= 11 is 2.79. The molecule has 4 rings (SSSR count). The molecule has 1 aromatic carbocycles. The summed E-state index contributed by atoms with van der Waals surface area (Å²) < 4.78 is 0. The van der Waals surface area contributed by atoms with Gasteiger partial charge in [-0.1, -0.05) is 35.0 Å². The highest BCUT2D eigenvalue weighted by atomic mass is 32.2. The number of thioether (sulfide) groups is 1. The fraction of sp³-hybridized carbons (Fsp3) is 0.167. The molecule has 130 valence electrons. The molecule has 26 heavy (non-hydrogen) atoms. The van der Waals surface area contributed by atoms with Crippen molar-refractivity contribution in [1.82, 2.24) is 5.32 Å². The van der Waals surface area contributed by atoms with Gasteiger partial charge in [0, 0.05) is 5.56 Å². The number of carbonyl (C=O) groups is 2. The third-order valence-electron chi connectivity index (χ3n) is 3.88. The molecule has 2 aromatic rings. The number of aryl methyl sites for hydroxylation is 2. The standard InChI is InChI=1S/C18H14N4O2S2/c1-9-6-10(2)8-11(7-9)16(23)20-18-19-14-15(26-18)13(21-22-17(14)24)12-4-3-5-25-12/h3-8,14H,1-2H3,(H,19,20,23). The van der Waals surface area contributed by atoms with Crippen molar-refractivity contribution in [3.63, 3.8) is 0 Å². The van der Waals surface area contributed by atoms with Gasteiger partial charge in [0.15, 0.2) is 11.2 Å². The Morgan fingerprint density at radius 2 is 1.92 bits per heavy atom. The molecule has 2 aliphatic rings. The third-order valence-corrected chi connectivity index (χ3v) is 5.79. The Kier molecular flexibility index (Phi) is 4.29. The van der Waals surface area contributed by atoms with Gasteiger partial charge in [0.1, 0.15) is 5.70 Å². The lowest BCUT2D eigenvalue weighted by Gasteiger charge is -2.11. The summed E-state index contributed by atoms with van der Waals surface area (Å²) in [7, 11) is 0. The first kappa shape index (κ1) is 16.9. The van der Waals surface area contributed by atoms with E-state index in [0.29, 0.717) is 21.3 Å². The van der Waals surface area contributed by atoms with Gasteiger partial charge < -0.3 is 5.32 Å². The van der Waals surface area contributed by atoms with Crippen LogP contribution in [0.2, 0.25) is 0 Å². The zero-order valence-corrected chi connectivity index (χ0v) is 15.6. The molecule has 0 bridgehead atoms. The summed E-state index contributed by atoms with van der Waals surface area (Å²) in [6.07, 6.45) is 0. The van der Waals surface area contributed by atoms with Gasteiger partial charge in [-0.3, -0.25) is 9.59 Å². The lowest BCUT2D eigenvalue weighted by atomic mass is 10.1. The smallest absolute Gasteiger partial charge is 0.294 e. The van der Waals surface area contributed by atoms with Crippen molar-refractivity contribution >= 4 is 45.8 Å². The maximum atomic E-state index is 12.6. The zero-order chi connectivity index (χ0) is 18.3. The van der Waals surface area contributed by atoms with Gasteiger partial charge in [-0.25, -0.2) is 4.99 Å². The number of aliphatic imine (C=N–C) groups is 1. The highest BCUT2D eigenvalue weighted by Crippen LogP contribution is 2.41. The van der Waals surface area contributed by atoms with Crippen molar-refractivity contribution in [2.24, 2.45) is 15.2 Å². The van der Waals surface area contributed by atoms with Crippen LogP contribution in [0.25, 0.3) is 5.70 Å². The number of rotatable bonds is 2. The SMILES string of the molecule is Cc1cc(C)cc(C(=O)NC2=NC3C(=O)N=NC(c4cccs4)=C3S2)c1. The number of fused-ring (bicyclic) bond motifs is 1. The van der Waals surface area contributed by atoms with Crippen LogP contribution >= 0.6 is 23.1 Å². The van der Waals surface area contributed by atoms with E-state index in [1.165, 1.54) is 23.1 Å². The van der Waals surface area contributed by atoms with Gasteiger partial charge in [0.05, 0.1) is 9.78 Å². The molecule has 0 aliphatic carbocycles. The normalized spacial score (nSPS) is 18.8. The molecule has 0 radical (unpaired) electrons. The molecular formula is C18H14N4O2S2. The number of azo groups is 1. The second kappa shape index (κ2) is 6.62. The lowest BCUT2D eigenvalue weighted by Crippen LogP contribution is -2.27. The number of amides is 2. The molecule has 1 N–H and O–H groups in total. The lowest BCUT2D eigenvalue weighted by molar-refractivity contribution is -0.118. The summed E-state index contributed by atoms with van der Waals surface area (Å²) in [5.41, 5.74) is 3.24. The monoisotopic (exact) mass is 382 g/mol. The second-order valence-electron chi connectivity index (χ2n) is 6.00. The van der Waals surface area contributed by atoms with E-state index in [1.54, 1.807) is 0 Å². The van der Waals surface area contributed by atoms with E-state index in [2.05, 4.69) is 20.5 Å². The van der Waals surface area contributed by atoms with E-state index in [0.717, 1.165) is 16.0 Å². The van der Waals surface area contributed by atoms with Gasteiger partial charge >= 0.3 is 0 Å². The van der Waals surface area contributed by atoms with Gasteiger partial charge in [-0.05, 0) is 37.4 Å². The molecule has 0 fully saturated rings. The molecule has 0 saturated carbocycles. The summed E-state index contributed by atoms with van der Waals surface area (Å²) in [6, 6.07) is 8.77. The summed E-state index contributed by atoms with van der Waals surface area (Å²) in [4.78, 5) is 30.6. The molecule has 0 spiro atoms. The van der Waals surface area contributed by atoms with E-state index in [9.17, 15) is 9.59 Å². The Balaban J connectivity index is 1.60. The summed E-state index contributed by atoms with van der Waals surface area (Å²) in [5.74, 6) is -0.662. The minimum atomic E-state index is -0.718. The predicted octanol–water partition coefficient (Wildman–Crippen LogP) is 3.93. The third kappa shape index (κ3) is 3.13. The number of hydrogen-bond acceptors (Lipinski definition) is 6. The van der Waals surface area contributed by atoms with Crippen LogP contribution in [-0.4, -0.2) is 23.0 Å². The highest BCUT2D eigenvalue weighted by molar-refractivity contribution is 8.17. The van der Waals surface area contributed by atoms with Crippen molar-refractivity contribution in [3.8, 4) is 0 Å². The van der Waals surface area contributed by atoms with Gasteiger partial charge in [0.2, 0.25) is 0 Å². The Morgan fingerprint density at radius 1 is 1.15 bits per heavy atom. The fourth-order valence-electron chi connectivity index (χ4n) is 2.83. The first-order chi connectivity index (χ1) is 12.5. The summed E-state index contributed by atoms with van der Waals surface area (Å²) in [5, 5.41) is 12.9. The van der Waals surface area contributed by atoms with Crippen LogP contribution in [0.5, 0.6) is 0 Å². The molecule has 8 heteroatoms. The topological polar surface area (TPSA) is 83.2 Å². The van der Waals surface area contributed by atoms with E-state index in [4.69, 9.17) is 0 Å². The Hall–Kier alpha value is -2.58. The molecule has 1 aromatic heterocycles. The highest BCUT2D eigenvalue weighted by Gasteiger charge is 2.37. The van der Waals surface area contributed by atoms with Crippen molar-refractivity contribution in [2.45, 2.75) is 19.9 Å². The fourth-order valence-corrected chi connectivity index (χ4v) is 4.64. The van der Waals surface area contributed by atoms with Gasteiger partial charge in [-0.15, -0.1) is 21.6 Å². The molecule has 6 nitrogen and oxygen atoms in total. The molecule has 1 atom stereocenters. The van der Waals surface area contributed by atoms with Crippen LogP contribution in [0.15, 0.2) is 55.8 Å². The number of nitrogens with zero attached hydrogens (tertiary/aromatic N) is 3. The van der Waals surface area contributed by atoms with Gasteiger partial charge in [0.25, 0.3) is 11.8 Å². The number of carbonyl (C=O) groups excluding carboxylic acids is 2. The van der Waals surface area contributed by atoms with Crippen molar-refractivity contribution in [1.29, 1.82) is 0 Å². The van der Waals surface area contributed by atoms with Crippen LogP contribution < -0.4 is 5.32 Å². The van der Waals surface area contributed by atoms with Crippen molar-refractivity contribution < 1.29 is 9.59 Å². The first-order valence-electron chi connectivity index (χ1n) is 7.90. The predicted molar refractivity (Wildman–Crippen MR) is 103 cm³/mol. The van der Waals surface area contributed by atoms with Crippen LogP contribution in [0.1, 0.15) is 26.4 Å². The quantitative estimate of drug-likeness (QED) is 0.854. The van der Waals surface area contributed by atoms with Crippen LogP contribution in [0.4, 0.5) is 0 Å². The molecule has 2 aliphatic heterocycles. The molecule has 2 amide bonds. The summed E-state index contributed by atoms with van der Waals surface area (Å²) in [6.45, 7) is 3.89. The van der Waals surface area contributed by atoms with Crippen LogP contribution in [-0.2, 0) is 4.79 Å². The minimum Gasteiger partial charge on any atom is -0.301 e. The Bertz CT molecular complexity index is 986. The molecule has 3 heterocycles. The number of nitrogens with one attached hydrogen (secondary N) is 1. The van der Waals surface area contributed by atoms with Gasteiger partial charge in [-0.2, -0.15) is 0 Å². The molecule has 1 unspecified atom stereocenters. The number of amidine groups is 1. The molecule has 0 saturated heterocycles. The minimum absolute atomic E-state index is 0.249. The van der Waals surface area contributed by atoms with E-state index >= 15 is 0 Å². The number of hydrogen-bond donors (Lipinski definition) is 1. The van der Waals surface area contributed by atoms with Crippen LogP contribution in [0.3, 0.4) is 0 Å². The average molecular weight is 382 g/mol. The van der Waals surface area contributed by atoms with E-state index in [-0.39, 0.29) is 5.91 Å². The van der Waals surface area contributed by atoms with E-state index in [1.807, 2.05) is 49.6 Å². The van der Waals surface area contributed by atoms with Crippen molar-refractivity contribution in [3.05, 3.63) is 62.2 Å². The number of thiophene rings is 1.